The first-order valence-corrected chi connectivity index (χ1v) is 4.94. The molecule has 1 rings (SSSR count). The molecule has 0 aliphatic rings. The Balaban J connectivity index is 2.53. The smallest absolute Gasteiger partial charge is 0.211 e. The molecule has 0 fully saturated rings. The van der Waals surface area contributed by atoms with Crippen LogP contribution in [0.4, 0.5) is 5.69 Å². The summed E-state index contributed by atoms with van der Waals surface area (Å²) in [5.41, 5.74) is 0.924. The lowest BCUT2D eigenvalue weighted by atomic mass is 9.99. The summed E-state index contributed by atoms with van der Waals surface area (Å²) < 4.78 is 5.59. The molecule has 0 saturated heterocycles. The average Bonchev–Trinajstić information content (AvgIpc) is 2.16. The zero-order chi connectivity index (χ0) is 11.3. The molecule has 0 spiro atoms. The van der Waals surface area contributed by atoms with Crippen LogP contribution in [0.1, 0.15) is 20.8 Å². The number of anilines is 1. The van der Waals surface area contributed by atoms with Crippen molar-refractivity contribution in [2.75, 3.05) is 11.9 Å². The van der Waals surface area contributed by atoms with E-state index in [1.807, 2.05) is 24.3 Å². The molecule has 0 unspecified atom stereocenters. The third kappa shape index (κ3) is 4.49. The number of carbonyl (C=O) groups is 1. The molecule has 0 bridgehead atoms. The van der Waals surface area contributed by atoms with Gasteiger partial charge >= 0.3 is 0 Å². The van der Waals surface area contributed by atoms with Crippen molar-refractivity contribution in [2.24, 2.45) is 5.41 Å². The molecule has 0 aliphatic carbocycles. The SMILES string of the molecule is CC(C)(C)COc1ccc(NC=O)cc1. The van der Waals surface area contributed by atoms with Gasteiger partial charge < -0.3 is 10.1 Å². The molecular formula is C12H17NO2. The van der Waals surface area contributed by atoms with Crippen LogP contribution in [-0.2, 0) is 4.79 Å². The van der Waals surface area contributed by atoms with E-state index in [9.17, 15) is 4.79 Å². The van der Waals surface area contributed by atoms with Crippen LogP contribution in [-0.4, -0.2) is 13.0 Å². The Labute approximate surface area is 90.4 Å². The minimum atomic E-state index is 0.152. The first-order valence-electron chi connectivity index (χ1n) is 4.94. The largest absolute Gasteiger partial charge is 0.493 e. The normalized spacial score (nSPS) is 10.9. The molecule has 0 aromatic heterocycles. The predicted molar refractivity (Wildman–Crippen MR) is 61.1 cm³/mol. The summed E-state index contributed by atoms with van der Waals surface area (Å²) in [5, 5.41) is 2.57. The Morgan fingerprint density at radius 2 is 1.87 bits per heavy atom. The summed E-state index contributed by atoms with van der Waals surface area (Å²) in [6.07, 6.45) is 0.658. The maximum atomic E-state index is 10.2. The zero-order valence-corrected chi connectivity index (χ0v) is 9.41. The third-order valence-electron chi connectivity index (χ3n) is 1.75. The molecule has 3 nitrogen and oxygen atoms in total. The molecule has 15 heavy (non-hydrogen) atoms. The first kappa shape index (κ1) is 11.6. The fourth-order valence-corrected chi connectivity index (χ4v) is 1.02. The maximum Gasteiger partial charge on any atom is 0.211 e. The van der Waals surface area contributed by atoms with Crippen molar-refractivity contribution in [3.63, 3.8) is 0 Å². The van der Waals surface area contributed by atoms with Crippen LogP contribution in [0.3, 0.4) is 0 Å². The Morgan fingerprint density at radius 3 is 2.33 bits per heavy atom. The van der Waals surface area contributed by atoms with Crippen molar-refractivity contribution in [1.82, 2.24) is 0 Å². The summed E-state index contributed by atoms with van der Waals surface area (Å²) >= 11 is 0. The van der Waals surface area contributed by atoms with Crippen molar-refractivity contribution >= 4 is 12.1 Å². The monoisotopic (exact) mass is 207 g/mol. The highest BCUT2D eigenvalue weighted by Gasteiger charge is 2.10. The van der Waals surface area contributed by atoms with E-state index >= 15 is 0 Å². The topological polar surface area (TPSA) is 38.3 Å². The minimum absolute atomic E-state index is 0.152. The van der Waals surface area contributed by atoms with Crippen molar-refractivity contribution in [2.45, 2.75) is 20.8 Å². The summed E-state index contributed by atoms with van der Waals surface area (Å²) in [6, 6.07) is 7.31. The van der Waals surface area contributed by atoms with Gasteiger partial charge in [-0.15, -0.1) is 0 Å². The van der Waals surface area contributed by atoms with E-state index in [1.165, 1.54) is 0 Å². The molecule has 1 aromatic carbocycles. The molecule has 0 aliphatic heterocycles. The van der Waals surface area contributed by atoms with Crippen LogP contribution in [0, 0.1) is 5.41 Å². The molecule has 0 atom stereocenters. The van der Waals surface area contributed by atoms with Crippen LogP contribution in [0.2, 0.25) is 0 Å². The summed E-state index contributed by atoms with van der Waals surface area (Å²) in [4.78, 5) is 10.2. The van der Waals surface area contributed by atoms with Gasteiger partial charge in [-0.3, -0.25) is 4.79 Å². The van der Waals surface area contributed by atoms with E-state index in [0.29, 0.717) is 13.0 Å². The summed E-state index contributed by atoms with van der Waals surface area (Å²) in [6.45, 7) is 7.04. The van der Waals surface area contributed by atoms with Gasteiger partial charge in [0.25, 0.3) is 0 Å². The number of amides is 1. The maximum absolute atomic E-state index is 10.2. The van der Waals surface area contributed by atoms with E-state index in [0.717, 1.165) is 11.4 Å². The molecule has 82 valence electrons. The molecule has 1 amide bonds. The van der Waals surface area contributed by atoms with Gasteiger partial charge in [-0.2, -0.15) is 0 Å². The Bertz CT molecular complexity index is 311. The van der Waals surface area contributed by atoms with Gasteiger partial charge in [0, 0.05) is 5.69 Å². The van der Waals surface area contributed by atoms with E-state index in [1.54, 1.807) is 0 Å². The van der Waals surface area contributed by atoms with Gasteiger partial charge in [-0.1, -0.05) is 20.8 Å². The average molecular weight is 207 g/mol. The summed E-state index contributed by atoms with van der Waals surface area (Å²) in [7, 11) is 0. The fourth-order valence-electron chi connectivity index (χ4n) is 1.02. The van der Waals surface area contributed by atoms with E-state index < -0.39 is 0 Å². The highest BCUT2D eigenvalue weighted by molar-refractivity contribution is 5.71. The second kappa shape index (κ2) is 4.82. The van der Waals surface area contributed by atoms with Crippen molar-refractivity contribution in [3.8, 4) is 5.75 Å². The number of ether oxygens (including phenoxy) is 1. The van der Waals surface area contributed by atoms with E-state index in [-0.39, 0.29) is 5.41 Å². The minimum Gasteiger partial charge on any atom is -0.493 e. The highest BCUT2D eigenvalue weighted by atomic mass is 16.5. The lowest BCUT2D eigenvalue weighted by molar-refractivity contribution is -0.105. The van der Waals surface area contributed by atoms with Gasteiger partial charge in [0.15, 0.2) is 0 Å². The number of rotatable bonds is 4. The second-order valence-corrected chi connectivity index (χ2v) is 4.64. The number of carbonyl (C=O) groups excluding carboxylic acids is 1. The Kier molecular flexibility index (Phi) is 3.72. The van der Waals surface area contributed by atoms with Crippen LogP contribution < -0.4 is 10.1 Å². The number of hydrogen-bond acceptors (Lipinski definition) is 2. The Morgan fingerprint density at radius 1 is 1.27 bits per heavy atom. The second-order valence-electron chi connectivity index (χ2n) is 4.64. The van der Waals surface area contributed by atoms with Crippen LogP contribution >= 0.6 is 0 Å². The lowest BCUT2D eigenvalue weighted by Crippen LogP contribution is -2.16. The van der Waals surface area contributed by atoms with Crippen molar-refractivity contribution < 1.29 is 9.53 Å². The van der Waals surface area contributed by atoms with Crippen molar-refractivity contribution in [3.05, 3.63) is 24.3 Å². The molecular weight excluding hydrogens is 190 g/mol. The standard InChI is InChI=1S/C12H17NO2/c1-12(2,3)8-15-11-6-4-10(5-7-11)13-9-14/h4-7,9H,8H2,1-3H3,(H,13,14). The molecule has 3 heteroatoms. The molecule has 0 saturated carbocycles. The number of hydrogen-bond donors (Lipinski definition) is 1. The van der Waals surface area contributed by atoms with Gasteiger partial charge in [0.05, 0.1) is 6.61 Å². The first-order chi connectivity index (χ1) is 7.01. The molecule has 1 aromatic rings. The van der Waals surface area contributed by atoms with Gasteiger partial charge in [-0.05, 0) is 29.7 Å². The highest BCUT2D eigenvalue weighted by Crippen LogP contribution is 2.19. The van der Waals surface area contributed by atoms with Crippen LogP contribution in [0.15, 0.2) is 24.3 Å². The van der Waals surface area contributed by atoms with Crippen LogP contribution in [0.25, 0.3) is 0 Å². The molecule has 1 N–H and O–H groups in total. The van der Waals surface area contributed by atoms with Crippen LogP contribution in [0.5, 0.6) is 5.75 Å². The fraction of sp³-hybridized carbons (Fsp3) is 0.417. The predicted octanol–water partition coefficient (Wildman–Crippen LogP) is 2.68. The quantitative estimate of drug-likeness (QED) is 0.771. The molecule has 0 heterocycles. The van der Waals surface area contributed by atoms with Gasteiger partial charge in [0.2, 0.25) is 6.41 Å². The van der Waals surface area contributed by atoms with Gasteiger partial charge in [-0.25, -0.2) is 0 Å². The summed E-state index contributed by atoms with van der Waals surface area (Å²) in [5.74, 6) is 0.821. The number of nitrogens with one attached hydrogen (secondary N) is 1. The van der Waals surface area contributed by atoms with Gasteiger partial charge in [0.1, 0.15) is 5.75 Å². The zero-order valence-electron chi connectivity index (χ0n) is 9.41. The molecule has 0 radical (unpaired) electrons. The Hall–Kier alpha value is -1.51. The van der Waals surface area contributed by atoms with Crippen molar-refractivity contribution in [1.29, 1.82) is 0 Å². The van der Waals surface area contributed by atoms with E-state index in [4.69, 9.17) is 4.74 Å². The third-order valence-corrected chi connectivity index (χ3v) is 1.75. The van der Waals surface area contributed by atoms with E-state index in [2.05, 4.69) is 26.1 Å². The lowest BCUT2D eigenvalue weighted by Gasteiger charge is -2.18. The number of benzene rings is 1.